The highest BCUT2D eigenvalue weighted by molar-refractivity contribution is 9.09. The summed E-state index contributed by atoms with van der Waals surface area (Å²) in [6.07, 6.45) is 2.33. The van der Waals surface area contributed by atoms with E-state index in [1.165, 1.54) is 0 Å². The van der Waals surface area contributed by atoms with E-state index in [0.29, 0.717) is 6.42 Å². The zero-order valence-electron chi connectivity index (χ0n) is 9.95. The SMILES string of the molecule is NCC(N)(Cc1c[nH]c2ccccc12)C(=O)CBr. The molecule has 5 heteroatoms. The van der Waals surface area contributed by atoms with Gasteiger partial charge in [-0.1, -0.05) is 34.1 Å². The van der Waals surface area contributed by atoms with Gasteiger partial charge in [-0.15, -0.1) is 0 Å². The van der Waals surface area contributed by atoms with Crippen LogP contribution in [0.15, 0.2) is 30.5 Å². The van der Waals surface area contributed by atoms with Gasteiger partial charge in [0, 0.05) is 30.1 Å². The number of H-pyrrole nitrogens is 1. The standard InChI is InChI=1S/C13H16BrN3O/c14-6-12(18)13(16,8-15)5-9-7-17-11-4-2-1-3-10(9)11/h1-4,7,17H,5-6,8,15-16H2. The highest BCUT2D eigenvalue weighted by Gasteiger charge is 2.32. The van der Waals surface area contributed by atoms with Gasteiger partial charge in [-0.2, -0.15) is 0 Å². The van der Waals surface area contributed by atoms with Gasteiger partial charge in [-0.3, -0.25) is 4.79 Å². The Morgan fingerprint density at radius 2 is 2.11 bits per heavy atom. The average molecular weight is 310 g/mol. The number of benzene rings is 1. The van der Waals surface area contributed by atoms with Crippen LogP contribution >= 0.6 is 15.9 Å². The molecule has 1 heterocycles. The minimum Gasteiger partial charge on any atom is -0.361 e. The number of carbonyl (C=O) groups is 1. The van der Waals surface area contributed by atoms with Crippen LogP contribution in [0.2, 0.25) is 0 Å². The summed E-state index contributed by atoms with van der Waals surface area (Å²) in [7, 11) is 0. The van der Waals surface area contributed by atoms with Crippen molar-refractivity contribution in [2.75, 3.05) is 11.9 Å². The molecular formula is C13H16BrN3O. The maximum absolute atomic E-state index is 11.9. The number of hydrogen-bond acceptors (Lipinski definition) is 3. The lowest BCUT2D eigenvalue weighted by atomic mass is 9.88. The van der Waals surface area contributed by atoms with E-state index in [0.717, 1.165) is 16.5 Å². The molecule has 1 aromatic heterocycles. The van der Waals surface area contributed by atoms with Gasteiger partial charge in [0.05, 0.1) is 10.9 Å². The van der Waals surface area contributed by atoms with Crippen LogP contribution in [0, 0.1) is 0 Å². The number of nitrogens with one attached hydrogen (secondary N) is 1. The monoisotopic (exact) mass is 309 g/mol. The molecule has 1 atom stereocenters. The summed E-state index contributed by atoms with van der Waals surface area (Å²) in [5.74, 6) is -0.0738. The lowest BCUT2D eigenvalue weighted by Crippen LogP contribution is -2.56. The molecule has 0 saturated carbocycles. The molecule has 0 fully saturated rings. The first-order valence-electron chi connectivity index (χ1n) is 5.74. The van der Waals surface area contributed by atoms with Crippen LogP contribution in [0.25, 0.3) is 10.9 Å². The molecule has 0 spiro atoms. The van der Waals surface area contributed by atoms with E-state index in [-0.39, 0.29) is 17.7 Å². The Morgan fingerprint density at radius 1 is 1.39 bits per heavy atom. The maximum atomic E-state index is 11.9. The van der Waals surface area contributed by atoms with Gasteiger partial charge in [-0.05, 0) is 11.6 Å². The predicted molar refractivity (Wildman–Crippen MR) is 76.8 cm³/mol. The molecule has 0 saturated heterocycles. The van der Waals surface area contributed by atoms with Gasteiger partial charge < -0.3 is 16.5 Å². The predicted octanol–water partition coefficient (Wildman–Crippen LogP) is 1.33. The third-order valence-corrected chi connectivity index (χ3v) is 3.73. The first kappa shape index (κ1) is 13.3. The highest BCUT2D eigenvalue weighted by Crippen LogP contribution is 2.22. The highest BCUT2D eigenvalue weighted by atomic mass is 79.9. The van der Waals surface area contributed by atoms with Crippen LogP contribution in [-0.4, -0.2) is 28.2 Å². The lowest BCUT2D eigenvalue weighted by Gasteiger charge is -2.25. The molecule has 0 radical (unpaired) electrons. The molecule has 0 aliphatic carbocycles. The molecule has 0 aliphatic heterocycles. The second kappa shape index (κ2) is 5.22. The number of aromatic nitrogens is 1. The molecular weight excluding hydrogens is 294 g/mol. The molecule has 18 heavy (non-hydrogen) atoms. The summed E-state index contributed by atoms with van der Waals surface area (Å²) in [6.45, 7) is 0.136. The van der Waals surface area contributed by atoms with Crippen molar-refractivity contribution < 1.29 is 4.79 Å². The summed E-state index contributed by atoms with van der Waals surface area (Å²) in [5, 5.41) is 1.31. The number of alkyl halides is 1. The van der Waals surface area contributed by atoms with Crippen LogP contribution in [0.5, 0.6) is 0 Å². The fraction of sp³-hybridized carbons (Fsp3) is 0.308. The van der Waals surface area contributed by atoms with Crippen molar-refractivity contribution in [2.45, 2.75) is 12.0 Å². The summed E-state index contributed by atoms with van der Waals surface area (Å²) >= 11 is 3.15. The van der Waals surface area contributed by atoms with Gasteiger partial charge in [-0.25, -0.2) is 0 Å². The number of ketones is 1. The molecule has 1 aromatic carbocycles. The second-order valence-corrected chi connectivity index (χ2v) is 5.01. The van der Waals surface area contributed by atoms with Crippen LogP contribution in [-0.2, 0) is 11.2 Å². The molecule has 2 rings (SSSR count). The van der Waals surface area contributed by atoms with Gasteiger partial charge in [0.1, 0.15) is 0 Å². The second-order valence-electron chi connectivity index (χ2n) is 4.45. The lowest BCUT2D eigenvalue weighted by molar-refractivity contribution is -0.121. The third-order valence-electron chi connectivity index (χ3n) is 3.22. The number of hydrogen-bond donors (Lipinski definition) is 3. The largest absolute Gasteiger partial charge is 0.361 e. The number of nitrogens with two attached hydrogens (primary N) is 2. The van der Waals surface area contributed by atoms with Crippen LogP contribution in [0.4, 0.5) is 0 Å². The van der Waals surface area contributed by atoms with Gasteiger partial charge in [0.2, 0.25) is 0 Å². The normalized spacial score (nSPS) is 14.6. The van der Waals surface area contributed by atoms with Crippen molar-refractivity contribution in [1.29, 1.82) is 0 Å². The number of fused-ring (bicyclic) bond motifs is 1. The Hall–Kier alpha value is -1.17. The van der Waals surface area contributed by atoms with Crippen LogP contribution in [0.3, 0.4) is 0 Å². The van der Waals surface area contributed by atoms with Gasteiger partial charge in [0.15, 0.2) is 5.78 Å². The molecule has 4 nitrogen and oxygen atoms in total. The van der Waals surface area contributed by atoms with Crippen molar-refractivity contribution in [3.8, 4) is 0 Å². The van der Waals surface area contributed by atoms with Crippen molar-refractivity contribution in [1.82, 2.24) is 4.98 Å². The number of rotatable bonds is 5. The zero-order valence-corrected chi connectivity index (χ0v) is 11.5. The summed E-state index contributed by atoms with van der Waals surface area (Å²) in [4.78, 5) is 15.0. The Labute approximate surface area is 114 Å². The Bertz CT molecular complexity index is 566. The van der Waals surface area contributed by atoms with E-state index in [2.05, 4.69) is 20.9 Å². The Morgan fingerprint density at radius 3 is 2.78 bits per heavy atom. The number of Topliss-reactive ketones (excluding diaryl/α,β-unsaturated/α-hetero) is 1. The van der Waals surface area contributed by atoms with Crippen molar-refractivity contribution in [3.05, 3.63) is 36.0 Å². The first-order valence-corrected chi connectivity index (χ1v) is 6.86. The fourth-order valence-electron chi connectivity index (χ4n) is 2.04. The molecule has 1 unspecified atom stereocenters. The molecule has 96 valence electrons. The topological polar surface area (TPSA) is 84.9 Å². The van der Waals surface area contributed by atoms with E-state index >= 15 is 0 Å². The minimum absolute atomic E-state index is 0.0738. The van der Waals surface area contributed by atoms with Crippen molar-refractivity contribution in [3.63, 3.8) is 0 Å². The quantitative estimate of drug-likeness (QED) is 0.728. The Balaban J connectivity index is 2.35. The number of aromatic amines is 1. The fourth-order valence-corrected chi connectivity index (χ4v) is 2.59. The van der Waals surface area contributed by atoms with E-state index in [1.807, 2.05) is 30.5 Å². The van der Waals surface area contributed by atoms with Gasteiger partial charge in [0.25, 0.3) is 0 Å². The van der Waals surface area contributed by atoms with Crippen molar-refractivity contribution >= 4 is 32.6 Å². The van der Waals surface area contributed by atoms with Crippen LogP contribution < -0.4 is 11.5 Å². The Kier molecular flexibility index (Phi) is 3.85. The molecule has 5 N–H and O–H groups in total. The molecule has 0 bridgehead atoms. The summed E-state index contributed by atoms with van der Waals surface area (Å²) in [6, 6.07) is 7.93. The van der Waals surface area contributed by atoms with E-state index in [9.17, 15) is 4.79 Å². The van der Waals surface area contributed by atoms with Gasteiger partial charge >= 0.3 is 0 Å². The minimum atomic E-state index is -1.01. The maximum Gasteiger partial charge on any atom is 0.164 e. The average Bonchev–Trinajstić information content (AvgIpc) is 2.81. The molecule has 0 amide bonds. The number of halogens is 1. The smallest absolute Gasteiger partial charge is 0.164 e. The third kappa shape index (κ3) is 2.34. The number of para-hydroxylation sites is 1. The molecule has 0 aliphatic rings. The first-order chi connectivity index (χ1) is 8.60. The van der Waals surface area contributed by atoms with E-state index < -0.39 is 5.54 Å². The zero-order chi connectivity index (χ0) is 13.2. The van der Waals surface area contributed by atoms with Crippen molar-refractivity contribution in [2.24, 2.45) is 11.5 Å². The molecule has 2 aromatic rings. The van der Waals surface area contributed by atoms with Crippen LogP contribution in [0.1, 0.15) is 5.56 Å². The number of carbonyl (C=O) groups excluding carboxylic acids is 1. The summed E-state index contributed by atoms with van der Waals surface area (Å²) < 4.78 is 0. The van der Waals surface area contributed by atoms with E-state index in [1.54, 1.807) is 0 Å². The summed E-state index contributed by atoms with van der Waals surface area (Å²) in [5.41, 5.74) is 12.8. The van der Waals surface area contributed by atoms with E-state index in [4.69, 9.17) is 11.5 Å².